The molecule has 0 amide bonds. The molecule has 1 aliphatic rings. The summed E-state index contributed by atoms with van der Waals surface area (Å²) in [5.41, 5.74) is 0.737. The van der Waals surface area contributed by atoms with Gasteiger partial charge >= 0.3 is 5.97 Å². The second-order valence-electron chi connectivity index (χ2n) is 2.81. The van der Waals surface area contributed by atoms with Gasteiger partial charge in [-0.05, 0) is 22.9 Å². The van der Waals surface area contributed by atoms with Gasteiger partial charge in [0.15, 0.2) is 6.04 Å². The largest absolute Gasteiger partial charge is 0.480 e. The average Bonchev–Trinajstić information content (AvgIpc) is 2.55. The van der Waals surface area contributed by atoms with Crippen molar-refractivity contribution in [2.45, 2.75) is 13.0 Å². The molecule has 2 rings (SSSR count). The van der Waals surface area contributed by atoms with Crippen LogP contribution in [0.2, 0.25) is 0 Å². The maximum Gasteiger partial charge on any atom is 0.332 e. The second-order valence-corrected chi connectivity index (χ2v) is 3.61. The highest BCUT2D eigenvalue weighted by molar-refractivity contribution is 9.10. The van der Waals surface area contributed by atoms with Crippen molar-refractivity contribution >= 4 is 21.9 Å². The highest BCUT2D eigenvalue weighted by atomic mass is 79.9. The summed E-state index contributed by atoms with van der Waals surface area (Å²) in [5.74, 6) is -0.418. The molecule has 0 fully saturated rings. The molecule has 0 aliphatic carbocycles. The van der Waals surface area contributed by atoms with E-state index >= 15 is 0 Å². The first-order valence-electron chi connectivity index (χ1n) is 3.71. The Hall–Kier alpha value is -1.04. The maximum atomic E-state index is 10.7. The lowest BCUT2D eigenvalue weighted by Gasteiger charge is -2.01. The van der Waals surface area contributed by atoms with Crippen LogP contribution in [-0.4, -0.2) is 27.5 Å². The molecule has 0 saturated heterocycles. The first-order valence-corrected chi connectivity index (χ1v) is 4.50. The normalized spacial score (nSPS) is 19.7. The van der Waals surface area contributed by atoms with Crippen LogP contribution < -0.4 is 4.74 Å². The van der Waals surface area contributed by atoms with E-state index in [1.165, 1.54) is 4.68 Å². The molecule has 0 spiro atoms. The Morgan fingerprint density at radius 2 is 2.54 bits per heavy atom. The fourth-order valence-corrected chi connectivity index (χ4v) is 1.63. The van der Waals surface area contributed by atoms with Gasteiger partial charge in [-0.3, -0.25) is 0 Å². The van der Waals surface area contributed by atoms with Crippen LogP contribution in [0, 0.1) is 6.92 Å². The summed E-state index contributed by atoms with van der Waals surface area (Å²) in [7, 11) is 0. The van der Waals surface area contributed by atoms with Gasteiger partial charge in [0.25, 0.3) is 0 Å². The lowest BCUT2D eigenvalue weighted by molar-refractivity contribution is -0.141. The van der Waals surface area contributed by atoms with Gasteiger partial charge in [-0.1, -0.05) is 0 Å². The number of carboxylic acid groups (broad SMARTS) is 1. The van der Waals surface area contributed by atoms with Gasteiger partial charge in [0.1, 0.15) is 11.1 Å². The van der Waals surface area contributed by atoms with E-state index in [4.69, 9.17) is 9.84 Å². The van der Waals surface area contributed by atoms with Gasteiger partial charge in [0.2, 0.25) is 5.88 Å². The SMILES string of the molecule is Cc1nn2c(c1Br)OCC2C(=O)O. The standard InChI is InChI=1S/C7H7BrN2O3/c1-3-5(8)6-10(9-3)4(2-13-6)7(11)12/h4H,2H2,1H3,(H,11,12). The molecule has 13 heavy (non-hydrogen) atoms. The van der Waals surface area contributed by atoms with Crippen molar-refractivity contribution in [1.29, 1.82) is 0 Å². The summed E-state index contributed by atoms with van der Waals surface area (Å²) >= 11 is 3.28. The molecular formula is C7H7BrN2O3. The lowest BCUT2D eigenvalue weighted by atomic mass is 10.3. The zero-order valence-electron chi connectivity index (χ0n) is 6.82. The van der Waals surface area contributed by atoms with Crippen LogP contribution in [0.1, 0.15) is 11.7 Å². The maximum absolute atomic E-state index is 10.7. The number of ether oxygens (including phenoxy) is 1. The third-order valence-corrected chi connectivity index (χ3v) is 2.84. The first-order chi connectivity index (χ1) is 6.11. The molecular weight excluding hydrogens is 240 g/mol. The Morgan fingerprint density at radius 3 is 3.15 bits per heavy atom. The molecule has 6 heteroatoms. The van der Waals surface area contributed by atoms with Crippen molar-refractivity contribution < 1.29 is 14.6 Å². The van der Waals surface area contributed by atoms with E-state index in [0.29, 0.717) is 5.88 Å². The highest BCUT2D eigenvalue weighted by Crippen LogP contribution is 2.35. The number of fused-ring (bicyclic) bond motifs is 1. The van der Waals surface area contributed by atoms with Crippen LogP contribution in [-0.2, 0) is 4.79 Å². The molecule has 1 N–H and O–H groups in total. The van der Waals surface area contributed by atoms with Crippen LogP contribution >= 0.6 is 15.9 Å². The average molecular weight is 247 g/mol. The minimum Gasteiger partial charge on any atom is -0.480 e. The number of rotatable bonds is 1. The summed E-state index contributed by atoms with van der Waals surface area (Å²) in [6.45, 7) is 1.94. The van der Waals surface area contributed by atoms with Gasteiger partial charge in [0.05, 0.1) is 5.69 Å². The number of carboxylic acids is 1. The molecule has 1 aromatic heterocycles. The summed E-state index contributed by atoms with van der Waals surface area (Å²) in [6, 6.07) is -0.694. The topological polar surface area (TPSA) is 64.4 Å². The van der Waals surface area contributed by atoms with Crippen LogP contribution in [0.25, 0.3) is 0 Å². The third kappa shape index (κ3) is 1.13. The predicted molar refractivity (Wildman–Crippen MR) is 46.8 cm³/mol. The molecule has 1 aromatic rings. The molecule has 70 valence electrons. The van der Waals surface area contributed by atoms with Crippen molar-refractivity contribution in [3.63, 3.8) is 0 Å². The van der Waals surface area contributed by atoms with E-state index in [0.717, 1.165) is 10.2 Å². The van der Waals surface area contributed by atoms with Crippen molar-refractivity contribution in [2.75, 3.05) is 6.61 Å². The monoisotopic (exact) mass is 246 g/mol. The van der Waals surface area contributed by atoms with Crippen molar-refractivity contribution in [1.82, 2.24) is 9.78 Å². The summed E-state index contributed by atoms with van der Waals surface area (Å²) in [4.78, 5) is 10.7. The van der Waals surface area contributed by atoms with E-state index in [1.807, 2.05) is 0 Å². The number of hydrogen-bond acceptors (Lipinski definition) is 3. The minimum atomic E-state index is -0.922. The Bertz CT molecular complexity index is 374. The smallest absolute Gasteiger partial charge is 0.332 e. The molecule has 2 heterocycles. The fraction of sp³-hybridized carbons (Fsp3) is 0.429. The number of hydrogen-bond donors (Lipinski definition) is 1. The van der Waals surface area contributed by atoms with E-state index in [1.54, 1.807) is 6.92 Å². The van der Waals surface area contributed by atoms with Crippen molar-refractivity contribution in [3.8, 4) is 5.88 Å². The van der Waals surface area contributed by atoms with Crippen molar-refractivity contribution in [3.05, 3.63) is 10.2 Å². The molecule has 1 unspecified atom stereocenters. The minimum absolute atomic E-state index is 0.149. The predicted octanol–water partition coefficient (Wildman–Crippen LogP) is 0.972. The molecule has 0 radical (unpaired) electrons. The molecule has 0 aromatic carbocycles. The Morgan fingerprint density at radius 1 is 1.85 bits per heavy atom. The molecule has 0 saturated carbocycles. The number of nitrogens with zero attached hydrogens (tertiary/aromatic N) is 2. The first kappa shape index (κ1) is 8.55. The summed E-state index contributed by atoms with van der Waals surface area (Å²) < 4.78 is 7.32. The summed E-state index contributed by atoms with van der Waals surface area (Å²) in [6.07, 6.45) is 0. The van der Waals surface area contributed by atoms with Gasteiger partial charge in [-0.25, -0.2) is 9.48 Å². The van der Waals surface area contributed by atoms with Gasteiger partial charge < -0.3 is 9.84 Å². The molecule has 0 bridgehead atoms. The Kier molecular flexibility index (Phi) is 1.80. The van der Waals surface area contributed by atoms with E-state index in [9.17, 15) is 4.79 Å². The summed E-state index contributed by atoms with van der Waals surface area (Å²) in [5, 5.41) is 12.9. The quantitative estimate of drug-likeness (QED) is 0.803. The van der Waals surface area contributed by atoms with Crippen molar-refractivity contribution in [2.24, 2.45) is 0 Å². The van der Waals surface area contributed by atoms with Crippen LogP contribution in [0.15, 0.2) is 4.47 Å². The third-order valence-electron chi connectivity index (χ3n) is 1.93. The molecule has 5 nitrogen and oxygen atoms in total. The fourth-order valence-electron chi connectivity index (χ4n) is 1.25. The van der Waals surface area contributed by atoms with Gasteiger partial charge in [0, 0.05) is 0 Å². The van der Waals surface area contributed by atoms with Crippen LogP contribution in [0.5, 0.6) is 5.88 Å². The molecule has 1 atom stereocenters. The number of halogens is 1. The van der Waals surface area contributed by atoms with Gasteiger partial charge in [-0.15, -0.1) is 0 Å². The number of aryl methyl sites for hydroxylation is 1. The lowest BCUT2D eigenvalue weighted by Crippen LogP contribution is -2.19. The van der Waals surface area contributed by atoms with Gasteiger partial charge in [-0.2, -0.15) is 5.10 Å². The number of aromatic nitrogens is 2. The second kappa shape index (κ2) is 2.73. The highest BCUT2D eigenvalue weighted by Gasteiger charge is 2.33. The van der Waals surface area contributed by atoms with Crippen LogP contribution in [0.4, 0.5) is 0 Å². The van der Waals surface area contributed by atoms with E-state index < -0.39 is 12.0 Å². The number of carbonyl (C=O) groups is 1. The molecule has 1 aliphatic heterocycles. The zero-order chi connectivity index (χ0) is 9.59. The van der Waals surface area contributed by atoms with E-state index in [-0.39, 0.29) is 6.61 Å². The Labute approximate surface area is 82.4 Å². The van der Waals surface area contributed by atoms with E-state index in [2.05, 4.69) is 21.0 Å². The Balaban J connectivity index is 2.48. The van der Waals surface area contributed by atoms with Crippen LogP contribution in [0.3, 0.4) is 0 Å². The number of aliphatic carboxylic acids is 1. The zero-order valence-corrected chi connectivity index (χ0v) is 8.41.